The van der Waals surface area contributed by atoms with E-state index in [0.717, 1.165) is 30.0 Å². The van der Waals surface area contributed by atoms with Crippen molar-refractivity contribution in [2.24, 2.45) is 0 Å². The fourth-order valence-corrected chi connectivity index (χ4v) is 3.75. The molecule has 0 saturated carbocycles. The van der Waals surface area contributed by atoms with E-state index in [1.165, 1.54) is 6.07 Å². The highest BCUT2D eigenvalue weighted by molar-refractivity contribution is 7.86. The highest BCUT2D eigenvalue weighted by Gasteiger charge is 2.25. The van der Waals surface area contributed by atoms with Gasteiger partial charge in [-0.05, 0) is 48.2 Å². The third-order valence-electron chi connectivity index (χ3n) is 4.10. The van der Waals surface area contributed by atoms with Crippen molar-refractivity contribution in [1.82, 2.24) is 0 Å². The van der Waals surface area contributed by atoms with Gasteiger partial charge in [0.1, 0.15) is 10.6 Å². The van der Waals surface area contributed by atoms with Gasteiger partial charge in [-0.2, -0.15) is 8.42 Å². The van der Waals surface area contributed by atoms with Crippen molar-refractivity contribution in [3.8, 4) is 5.75 Å². The van der Waals surface area contributed by atoms with Crippen LogP contribution in [0, 0.1) is 0 Å². The number of anilines is 1. The van der Waals surface area contributed by atoms with Crippen LogP contribution in [-0.4, -0.2) is 22.1 Å². The molecule has 3 rings (SSSR count). The molecule has 6 heteroatoms. The molecule has 23 heavy (non-hydrogen) atoms. The van der Waals surface area contributed by atoms with E-state index in [1.807, 2.05) is 30.3 Å². The van der Waals surface area contributed by atoms with Crippen LogP contribution < -0.4 is 9.64 Å². The molecule has 0 radical (unpaired) electrons. The van der Waals surface area contributed by atoms with Crippen molar-refractivity contribution < 1.29 is 17.0 Å². The van der Waals surface area contributed by atoms with Crippen LogP contribution in [0.2, 0.25) is 0 Å². The molecule has 2 aromatic rings. The number of ether oxygens (including phenoxy) is 1. The zero-order chi connectivity index (χ0) is 16.4. The lowest BCUT2D eigenvalue weighted by Crippen LogP contribution is -2.29. The van der Waals surface area contributed by atoms with Crippen LogP contribution in [-0.2, 0) is 23.2 Å². The molecular weight excluding hydrogens is 317 g/mol. The van der Waals surface area contributed by atoms with Crippen molar-refractivity contribution in [2.45, 2.75) is 24.3 Å². The second-order valence-electron chi connectivity index (χ2n) is 5.56. The lowest BCUT2D eigenvalue weighted by Gasteiger charge is -2.32. The molecule has 0 unspecified atom stereocenters. The Bertz CT molecular complexity index is 803. The van der Waals surface area contributed by atoms with E-state index < -0.39 is 10.2 Å². The first-order chi connectivity index (χ1) is 11.0. The van der Waals surface area contributed by atoms with Crippen LogP contribution in [0.25, 0.3) is 0 Å². The first-order valence-electron chi connectivity index (χ1n) is 7.43. The standard InChI is InChI=1S/C17H18FNO3S/c1-22-14-9-7-13(8-10-14)12-19-11-3-4-15-16(19)5-2-6-17(15)23(18,20)21/h2,5-10H,3-4,11-12H2,1H3. The summed E-state index contributed by atoms with van der Waals surface area (Å²) in [7, 11) is -3.07. The molecule has 4 nitrogen and oxygen atoms in total. The summed E-state index contributed by atoms with van der Waals surface area (Å²) in [6, 6.07) is 12.5. The van der Waals surface area contributed by atoms with Crippen LogP contribution in [0.15, 0.2) is 47.4 Å². The van der Waals surface area contributed by atoms with Gasteiger partial charge in [-0.15, -0.1) is 3.89 Å². The van der Waals surface area contributed by atoms with Crippen molar-refractivity contribution in [3.63, 3.8) is 0 Å². The summed E-state index contributed by atoms with van der Waals surface area (Å²) in [6.45, 7) is 1.46. The molecule has 0 fully saturated rings. The van der Waals surface area contributed by atoms with Crippen LogP contribution in [0.5, 0.6) is 5.75 Å². The molecule has 122 valence electrons. The molecule has 1 heterocycles. The monoisotopic (exact) mass is 335 g/mol. The Hall–Kier alpha value is -2.08. The van der Waals surface area contributed by atoms with E-state index >= 15 is 0 Å². The second-order valence-corrected chi connectivity index (χ2v) is 6.88. The van der Waals surface area contributed by atoms with Crippen molar-refractivity contribution in [1.29, 1.82) is 0 Å². The lowest BCUT2D eigenvalue weighted by atomic mass is 10.0. The van der Waals surface area contributed by atoms with Gasteiger partial charge in [-0.25, -0.2) is 0 Å². The highest BCUT2D eigenvalue weighted by atomic mass is 32.3. The van der Waals surface area contributed by atoms with Crippen molar-refractivity contribution in [3.05, 3.63) is 53.6 Å². The second kappa shape index (κ2) is 6.20. The number of fused-ring (bicyclic) bond motifs is 1. The number of benzene rings is 2. The molecule has 1 aliphatic rings. The Labute approximate surface area is 135 Å². The summed E-state index contributed by atoms with van der Waals surface area (Å²) >= 11 is 0. The minimum Gasteiger partial charge on any atom is -0.497 e. The van der Waals surface area contributed by atoms with Crippen LogP contribution in [0.3, 0.4) is 0 Å². The SMILES string of the molecule is COc1ccc(CN2CCCc3c2cccc3S(=O)(=O)F)cc1. The van der Waals surface area contributed by atoms with Gasteiger partial charge in [0.15, 0.2) is 0 Å². The molecule has 2 aromatic carbocycles. The summed E-state index contributed by atoms with van der Waals surface area (Å²) < 4.78 is 41.3. The van der Waals surface area contributed by atoms with E-state index in [9.17, 15) is 12.3 Å². The van der Waals surface area contributed by atoms with Crippen molar-refractivity contribution >= 4 is 15.9 Å². The fourth-order valence-electron chi connectivity index (χ4n) is 3.01. The van der Waals surface area contributed by atoms with E-state index in [1.54, 1.807) is 13.2 Å². The minimum atomic E-state index is -4.69. The largest absolute Gasteiger partial charge is 0.497 e. The highest BCUT2D eigenvalue weighted by Crippen LogP contribution is 2.33. The summed E-state index contributed by atoms with van der Waals surface area (Å²) in [4.78, 5) is 1.89. The van der Waals surface area contributed by atoms with E-state index in [2.05, 4.69) is 4.90 Å². The summed E-state index contributed by atoms with van der Waals surface area (Å²) in [5.74, 6) is 0.790. The van der Waals surface area contributed by atoms with Crippen LogP contribution in [0.4, 0.5) is 9.57 Å². The summed E-state index contributed by atoms with van der Waals surface area (Å²) in [5, 5.41) is 0. The Morgan fingerprint density at radius 3 is 2.57 bits per heavy atom. The van der Waals surface area contributed by atoms with Gasteiger partial charge in [-0.3, -0.25) is 0 Å². The predicted octanol–water partition coefficient (Wildman–Crippen LogP) is 3.31. The Morgan fingerprint density at radius 2 is 1.91 bits per heavy atom. The number of nitrogens with zero attached hydrogens (tertiary/aromatic N) is 1. The number of rotatable bonds is 4. The molecule has 0 atom stereocenters. The van der Waals surface area contributed by atoms with Gasteiger partial charge >= 0.3 is 10.2 Å². The van der Waals surface area contributed by atoms with Gasteiger partial charge in [-0.1, -0.05) is 18.2 Å². The number of hydrogen-bond acceptors (Lipinski definition) is 4. The molecule has 0 aromatic heterocycles. The smallest absolute Gasteiger partial charge is 0.332 e. The molecule has 0 bridgehead atoms. The van der Waals surface area contributed by atoms with Gasteiger partial charge in [0, 0.05) is 18.8 Å². The van der Waals surface area contributed by atoms with E-state index in [0.29, 0.717) is 18.5 Å². The topological polar surface area (TPSA) is 46.6 Å². The molecule has 1 aliphatic heterocycles. The van der Waals surface area contributed by atoms with Gasteiger partial charge < -0.3 is 9.64 Å². The maximum absolute atomic E-state index is 13.5. The van der Waals surface area contributed by atoms with Crippen LogP contribution >= 0.6 is 0 Å². The predicted molar refractivity (Wildman–Crippen MR) is 87.1 cm³/mol. The third kappa shape index (κ3) is 3.32. The molecule has 0 amide bonds. The number of methoxy groups -OCH3 is 1. The average molecular weight is 335 g/mol. The first-order valence-corrected chi connectivity index (χ1v) is 8.82. The van der Waals surface area contributed by atoms with E-state index in [4.69, 9.17) is 4.74 Å². The number of hydrogen-bond donors (Lipinski definition) is 0. The lowest BCUT2D eigenvalue weighted by molar-refractivity contribution is 0.414. The normalized spacial score (nSPS) is 14.4. The quantitative estimate of drug-likeness (QED) is 0.804. The van der Waals surface area contributed by atoms with E-state index in [-0.39, 0.29) is 4.90 Å². The molecule has 0 aliphatic carbocycles. The molecule has 0 saturated heterocycles. The maximum atomic E-state index is 13.5. The fraction of sp³-hybridized carbons (Fsp3) is 0.294. The van der Waals surface area contributed by atoms with Crippen LogP contribution in [0.1, 0.15) is 17.5 Å². The van der Waals surface area contributed by atoms with Crippen molar-refractivity contribution in [2.75, 3.05) is 18.6 Å². The zero-order valence-corrected chi connectivity index (χ0v) is 13.6. The molecular formula is C17H18FNO3S. The molecule has 0 spiro atoms. The third-order valence-corrected chi connectivity index (χ3v) is 5.01. The average Bonchev–Trinajstić information content (AvgIpc) is 2.54. The van der Waals surface area contributed by atoms with Gasteiger partial charge in [0.2, 0.25) is 0 Å². The Kier molecular flexibility index (Phi) is 4.26. The zero-order valence-electron chi connectivity index (χ0n) is 12.8. The maximum Gasteiger partial charge on any atom is 0.332 e. The Morgan fingerprint density at radius 1 is 1.17 bits per heavy atom. The van der Waals surface area contributed by atoms with Gasteiger partial charge in [0.25, 0.3) is 0 Å². The summed E-state index contributed by atoms with van der Waals surface area (Å²) in [5.41, 5.74) is 2.47. The van der Waals surface area contributed by atoms with Gasteiger partial charge in [0.05, 0.1) is 7.11 Å². The summed E-state index contributed by atoms with van der Waals surface area (Å²) in [6.07, 6.45) is 1.38. The first kappa shape index (κ1) is 15.8. The molecule has 0 N–H and O–H groups in total. The minimum absolute atomic E-state index is 0.200. The number of halogens is 1. The Balaban J connectivity index is 1.92.